The lowest BCUT2D eigenvalue weighted by atomic mass is 10.1. The zero-order valence-corrected chi connectivity index (χ0v) is 14.1. The fourth-order valence-electron chi connectivity index (χ4n) is 3.30. The highest BCUT2D eigenvalue weighted by Crippen LogP contribution is 2.31. The molecule has 1 aliphatic rings. The van der Waals surface area contributed by atoms with Crippen molar-refractivity contribution in [1.82, 2.24) is 14.9 Å². The molecule has 0 aliphatic heterocycles. The molecule has 0 saturated heterocycles. The van der Waals surface area contributed by atoms with Crippen molar-refractivity contribution in [1.29, 1.82) is 0 Å². The summed E-state index contributed by atoms with van der Waals surface area (Å²) in [6.45, 7) is 0.483. The first-order chi connectivity index (χ1) is 12.8. The van der Waals surface area contributed by atoms with Crippen LogP contribution in [0.3, 0.4) is 0 Å². The van der Waals surface area contributed by atoms with Crippen LogP contribution in [0.15, 0.2) is 65.3 Å². The summed E-state index contributed by atoms with van der Waals surface area (Å²) in [6, 6.07) is 15.7. The predicted molar refractivity (Wildman–Crippen MR) is 98.6 cm³/mol. The first kappa shape index (κ1) is 15.1. The molecule has 26 heavy (non-hydrogen) atoms. The van der Waals surface area contributed by atoms with Gasteiger partial charge < -0.3 is 9.32 Å². The SMILES string of the molecule is O=C(c1ccc2nccnc2c1)N(Cc1cc2ccccc2o1)C1CC1. The largest absolute Gasteiger partial charge is 0.459 e. The Morgan fingerprint density at radius 1 is 1.04 bits per heavy atom. The molecule has 0 unspecified atom stereocenters. The minimum absolute atomic E-state index is 0.0144. The summed E-state index contributed by atoms with van der Waals surface area (Å²) in [5, 5.41) is 1.06. The van der Waals surface area contributed by atoms with Crippen LogP contribution in [0, 0.1) is 0 Å². The number of hydrogen-bond donors (Lipinski definition) is 0. The van der Waals surface area contributed by atoms with E-state index in [0.717, 1.165) is 40.6 Å². The van der Waals surface area contributed by atoms with E-state index in [1.807, 2.05) is 53.4 Å². The number of furan rings is 1. The third-order valence-electron chi connectivity index (χ3n) is 4.77. The Kier molecular flexibility index (Phi) is 3.45. The van der Waals surface area contributed by atoms with Crippen LogP contribution in [-0.2, 0) is 6.54 Å². The number of hydrogen-bond acceptors (Lipinski definition) is 4. The third-order valence-corrected chi connectivity index (χ3v) is 4.77. The van der Waals surface area contributed by atoms with Gasteiger partial charge in [-0.3, -0.25) is 14.8 Å². The summed E-state index contributed by atoms with van der Waals surface area (Å²) in [5.74, 6) is 0.826. The molecule has 5 nitrogen and oxygen atoms in total. The Morgan fingerprint density at radius 3 is 2.65 bits per heavy atom. The van der Waals surface area contributed by atoms with Gasteiger partial charge in [-0.1, -0.05) is 18.2 Å². The maximum Gasteiger partial charge on any atom is 0.254 e. The maximum atomic E-state index is 13.1. The van der Waals surface area contributed by atoms with Crippen molar-refractivity contribution in [2.45, 2.75) is 25.4 Å². The van der Waals surface area contributed by atoms with Gasteiger partial charge in [0.1, 0.15) is 11.3 Å². The topological polar surface area (TPSA) is 59.2 Å². The van der Waals surface area contributed by atoms with E-state index in [4.69, 9.17) is 4.42 Å². The molecule has 0 spiro atoms. The van der Waals surface area contributed by atoms with Crippen LogP contribution in [0.2, 0.25) is 0 Å². The monoisotopic (exact) mass is 343 g/mol. The summed E-state index contributed by atoms with van der Waals surface area (Å²) < 4.78 is 5.92. The molecule has 2 heterocycles. The average molecular weight is 343 g/mol. The normalized spacial score (nSPS) is 14.0. The fraction of sp³-hybridized carbons (Fsp3) is 0.190. The third kappa shape index (κ3) is 2.71. The van der Waals surface area contributed by atoms with Crippen molar-refractivity contribution in [2.75, 3.05) is 0 Å². The predicted octanol–water partition coefficient (Wildman–Crippen LogP) is 4.18. The molecule has 5 rings (SSSR count). The van der Waals surface area contributed by atoms with Crippen LogP contribution >= 0.6 is 0 Å². The van der Waals surface area contributed by atoms with Crippen LogP contribution in [0.4, 0.5) is 0 Å². The van der Waals surface area contributed by atoms with Gasteiger partial charge in [0.05, 0.1) is 17.6 Å². The lowest BCUT2D eigenvalue weighted by molar-refractivity contribution is 0.0718. The maximum absolute atomic E-state index is 13.1. The van der Waals surface area contributed by atoms with Crippen molar-refractivity contribution in [3.63, 3.8) is 0 Å². The first-order valence-electron chi connectivity index (χ1n) is 8.77. The molecule has 2 aromatic heterocycles. The number of aromatic nitrogens is 2. The second-order valence-electron chi connectivity index (χ2n) is 6.67. The Bertz CT molecular complexity index is 1080. The van der Waals surface area contributed by atoms with E-state index < -0.39 is 0 Å². The minimum Gasteiger partial charge on any atom is -0.459 e. The van der Waals surface area contributed by atoms with E-state index >= 15 is 0 Å². The Balaban J connectivity index is 1.46. The molecule has 4 aromatic rings. The van der Waals surface area contributed by atoms with E-state index in [1.54, 1.807) is 12.4 Å². The van der Waals surface area contributed by atoms with Gasteiger partial charge in [0.15, 0.2) is 0 Å². The molecule has 0 bridgehead atoms. The highest BCUT2D eigenvalue weighted by Gasteiger charge is 2.33. The molecule has 1 fully saturated rings. The molecular formula is C21H17N3O2. The summed E-state index contributed by atoms with van der Waals surface area (Å²) in [7, 11) is 0. The Labute approximate surface area is 150 Å². The Hall–Kier alpha value is -3.21. The molecule has 1 saturated carbocycles. The second-order valence-corrected chi connectivity index (χ2v) is 6.67. The standard InChI is InChI=1S/C21H17N3O2/c25-21(15-5-8-18-19(12-15)23-10-9-22-18)24(16-6-7-16)13-17-11-14-3-1-2-4-20(14)26-17/h1-5,8-12,16H,6-7,13H2. The number of fused-ring (bicyclic) bond motifs is 2. The lowest BCUT2D eigenvalue weighted by Crippen LogP contribution is -2.32. The molecule has 0 radical (unpaired) electrons. The van der Waals surface area contributed by atoms with Crippen LogP contribution in [0.25, 0.3) is 22.0 Å². The number of benzene rings is 2. The van der Waals surface area contributed by atoms with Gasteiger partial charge in [-0.25, -0.2) is 0 Å². The van der Waals surface area contributed by atoms with E-state index in [2.05, 4.69) is 9.97 Å². The number of rotatable bonds is 4. The summed E-state index contributed by atoms with van der Waals surface area (Å²) in [5.41, 5.74) is 3.02. The number of para-hydroxylation sites is 1. The van der Waals surface area contributed by atoms with Crippen molar-refractivity contribution in [2.24, 2.45) is 0 Å². The van der Waals surface area contributed by atoms with Gasteiger partial charge >= 0.3 is 0 Å². The number of nitrogens with zero attached hydrogens (tertiary/aromatic N) is 3. The quantitative estimate of drug-likeness (QED) is 0.558. The second kappa shape index (κ2) is 5.95. The lowest BCUT2D eigenvalue weighted by Gasteiger charge is -2.21. The average Bonchev–Trinajstić information content (AvgIpc) is 3.44. The number of carbonyl (C=O) groups is 1. The van der Waals surface area contributed by atoms with Gasteiger partial charge in [-0.15, -0.1) is 0 Å². The molecule has 0 N–H and O–H groups in total. The molecule has 1 amide bonds. The van der Waals surface area contributed by atoms with Crippen molar-refractivity contribution >= 4 is 27.9 Å². The molecular weight excluding hydrogens is 326 g/mol. The zero-order chi connectivity index (χ0) is 17.5. The molecule has 128 valence electrons. The van der Waals surface area contributed by atoms with Gasteiger partial charge in [0.2, 0.25) is 0 Å². The summed E-state index contributed by atoms with van der Waals surface area (Å²) >= 11 is 0. The van der Waals surface area contributed by atoms with E-state index in [9.17, 15) is 4.79 Å². The highest BCUT2D eigenvalue weighted by atomic mass is 16.3. The van der Waals surface area contributed by atoms with Crippen molar-refractivity contribution in [3.05, 3.63) is 72.2 Å². The fourth-order valence-corrected chi connectivity index (χ4v) is 3.30. The van der Waals surface area contributed by atoms with Gasteiger partial charge in [-0.05, 0) is 43.2 Å². The first-order valence-corrected chi connectivity index (χ1v) is 8.77. The molecule has 5 heteroatoms. The van der Waals surface area contributed by atoms with Crippen LogP contribution in [0.1, 0.15) is 29.0 Å². The van der Waals surface area contributed by atoms with Gasteiger partial charge in [-0.2, -0.15) is 0 Å². The smallest absolute Gasteiger partial charge is 0.254 e. The van der Waals surface area contributed by atoms with Crippen LogP contribution < -0.4 is 0 Å². The van der Waals surface area contributed by atoms with Crippen LogP contribution in [0.5, 0.6) is 0 Å². The highest BCUT2D eigenvalue weighted by molar-refractivity contribution is 5.97. The summed E-state index contributed by atoms with van der Waals surface area (Å²) in [4.78, 5) is 23.6. The van der Waals surface area contributed by atoms with Crippen molar-refractivity contribution < 1.29 is 9.21 Å². The summed E-state index contributed by atoms with van der Waals surface area (Å²) in [6.07, 6.45) is 5.38. The number of amides is 1. The van der Waals surface area contributed by atoms with Gasteiger partial charge in [0, 0.05) is 29.4 Å². The molecule has 0 atom stereocenters. The minimum atomic E-state index is 0.0144. The molecule has 1 aliphatic carbocycles. The zero-order valence-electron chi connectivity index (χ0n) is 14.1. The molecule has 2 aromatic carbocycles. The van der Waals surface area contributed by atoms with E-state index in [0.29, 0.717) is 12.1 Å². The number of carbonyl (C=O) groups excluding carboxylic acids is 1. The van der Waals surface area contributed by atoms with E-state index in [-0.39, 0.29) is 11.9 Å². The van der Waals surface area contributed by atoms with Crippen LogP contribution in [-0.4, -0.2) is 26.8 Å². The Morgan fingerprint density at radius 2 is 1.85 bits per heavy atom. The van der Waals surface area contributed by atoms with Crippen molar-refractivity contribution in [3.8, 4) is 0 Å². The van der Waals surface area contributed by atoms with E-state index in [1.165, 1.54) is 0 Å². The van der Waals surface area contributed by atoms with Gasteiger partial charge in [0.25, 0.3) is 5.91 Å².